The molecule has 0 saturated carbocycles. The summed E-state index contributed by atoms with van der Waals surface area (Å²) in [5, 5.41) is 0. The van der Waals surface area contributed by atoms with Gasteiger partial charge < -0.3 is 4.74 Å². The Bertz CT molecular complexity index is 358. The largest absolute Gasteiger partial charge is 0 e. The summed E-state index contributed by atoms with van der Waals surface area (Å²) in [4.78, 5) is 3.91. The maximum absolute atomic E-state index is 7.50. The summed E-state index contributed by atoms with van der Waals surface area (Å²) < 4.78 is 27.6. The van der Waals surface area contributed by atoms with Crippen LogP contribution in [0.2, 0.25) is 0 Å². The van der Waals surface area contributed by atoms with Gasteiger partial charge in [0.2, 0.25) is 0 Å². The molecule has 0 spiro atoms. The number of ether oxygens (including phenoxy) is 1. The number of para-hydroxylation sites is 1. The first-order valence-electron chi connectivity index (χ1n) is 4.05. The van der Waals surface area contributed by atoms with E-state index in [4.69, 9.17) is 18.7 Å². The average molecular weight is 285 g/mol. The second-order valence-corrected chi connectivity index (χ2v) is 2.13. The number of hydrogen-bond acceptors (Lipinski definition) is 2. The Morgan fingerprint density at radius 2 is 1.50 bits per heavy atom. The van der Waals surface area contributed by atoms with Crippen LogP contribution in [0.4, 0.5) is 0 Å². The van der Waals surface area contributed by atoms with E-state index < -0.39 is 0 Å². The van der Waals surface area contributed by atoms with E-state index in [0.717, 1.165) is 11.3 Å². The Labute approximate surface area is 117 Å². The molecule has 6 heteroatoms. The normalized spacial score (nSPS) is 6.67. The minimum absolute atomic E-state index is 0. The summed E-state index contributed by atoms with van der Waals surface area (Å²) in [6, 6.07) is 7.77. The molecule has 0 unspecified atom stereocenters. The van der Waals surface area contributed by atoms with Crippen LogP contribution in [-0.4, -0.2) is 20.4 Å². The van der Waals surface area contributed by atoms with E-state index in [-0.39, 0.29) is 17.4 Å². The molecule has 5 nitrogen and oxygen atoms in total. The molecule has 94 valence electrons. The summed E-state index contributed by atoms with van der Waals surface area (Å²) in [5.74, 6) is 0.859. The molecule has 18 heavy (non-hydrogen) atoms. The number of benzene rings is 1. The molecule has 0 radical (unpaired) electrons. The van der Waals surface area contributed by atoms with Crippen molar-refractivity contribution in [3.8, 4) is 5.75 Å². The van der Waals surface area contributed by atoms with Gasteiger partial charge in [-0.1, -0.05) is 12.1 Å². The molecule has 0 saturated heterocycles. The number of hydrogen-bond donors (Lipinski definition) is 0. The molecule has 1 aromatic rings. The monoisotopic (exact) mass is 285 g/mol. The van der Waals surface area contributed by atoms with E-state index in [2.05, 4.69) is 24.9 Å². The van der Waals surface area contributed by atoms with Gasteiger partial charge in [0.05, 0.1) is 7.11 Å². The maximum Gasteiger partial charge on any atom is 0 e. The quantitative estimate of drug-likeness (QED) is 0.462. The molecule has 0 aliphatic heterocycles. The van der Waals surface area contributed by atoms with Crippen molar-refractivity contribution in [3.63, 3.8) is 0 Å². The van der Waals surface area contributed by atoms with Gasteiger partial charge in [0.15, 0.2) is 0 Å². The molecule has 0 bridgehead atoms. The standard InChI is InChI=1S/C9H11NO.3CO.Cr/c1-10-7-8-5-3-4-6-9(8)11-2;3*1-2;/h3-7H,1-2H3;;;;. The Morgan fingerprint density at radius 1 is 1.06 bits per heavy atom. The summed E-state index contributed by atoms with van der Waals surface area (Å²) in [7, 11) is 3.40. The molecule has 0 aliphatic carbocycles. The molecule has 1 aromatic carbocycles. The van der Waals surface area contributed by atoms with Crippen molar-refractivity contribution >= 4 is 6.21 Å². The van der Waals surface area contributed by atoms with Crippen LogP contribution < -0.4 is 4.74 Å². The zero-order chi connectivity index (χ0) is 14.1. The van der Waals surface area contributed by atoms with Crippen LogP contribution in [-0.2, 0) is 31.3 Å². The zero-order valence-electron chi connectivity index (χ0n) is 9.88. The van der Waals surface area contributed by atoms with Gasteiger partial charge in [-0.15, -0.1) is 0 Å². The number of methoxy groups -OCH3 is 1. The Morgan fingerprint density at radius 3 is 1.89 bits per heavy atom. The van der Waals surface area contributed by atoms with Crippen LogP contribution in [0.3, 0.4) is 0 Å². The average Bonchev–Trinajstić information content (AvgIpc) is 2.46. The van der Waals surface area contributed by atoms with Crippen LogP contribution in [0.15, 0.2) is 29.3 Å². The predicted octanol–water partition coefficient (Wildman–Crippen LogP) is 1.63. The van der Waals surface area contributed by atoms with E-state index >= 15 is 0 Å². The van der Waals surface area contributed by atoms with Crippen LogP contribution in [0.25, 0.3) is 0 Å². The third-order valence-electron chi connectivity index (χ3n) is 1.41. The van der Waals surface area contributed by atoms with Crippen LogP contribution >= 0.6 is 0 Å². The van der Waals surface area contributed by atoms with Crippen molar-refractivity contribution in [2.24, 2.45) is 4.99 Å². The summed E-state index contributed by atoms with van der Waals surface area (Å²) in [5.41, 5.74) is 1.01. The smallest absolute Gasteiger partial charge is 0 e. The van der Waals surface area contributed by atoms with Gasteiger partial charge >= 0.3 is 33.9 Å². The van der Waals surface area contributed by atoms with Crippen molar-refractivity contribution in [1.29, 1.82) is 0 Å². The first-order valence-corrected chi connectivity index (χ1v) is 4.05. The molecule has 0 amide bonds. The van der Waals surface area contributed by atoms with Crippen molar-refractivity contribution in [2.45, 2.75) is 0 Å². The van der Waals surface area contributed by atoms with Gasteiger partial charge in [0.1, 0.15) is 5.75 Å². The van der Waals surface area contributed by atoms with Gasteiger partial charge in [-0.3, -0.25) is 4.99 Å². The summed E-state index contributed by atoms with van der Waals surface area (Å²) >= 11 is 0. The minimum Gasteiger partial charge on any atom is 0 e. The molecular weight excluding hydrogens is 274 g/mol. The molecule has 0 aliphatic rings. The molecule has 0 atom stereocenters. The minimum atomic E-state index is 0. The first kappa shape index (κ1) is 25.3. The van der Waals surface area contributed by atoms with Crippen LogP contribution in [0.1, 0.15) is 5.56 Å². The van der Waals surface area contributed by atoms with Gasteiger partial charge in [0.25, 0.3) is 0 Å². The van der Waals surface area contributed by atoms with Crippen LogP contribution in [0, 0.1) is 20.0 Å². The van der Waals surface area contributed by atoms with Gasteiger partial charge in [-0.25, -0.2) is 0 Å². The van der Waals surface area contributed by atoms with Crippen molar-refractivity contribution in [2.75, 3.05) is 14.2 Å². The second-order valence-electron chi connectivity index (χ2n) is 2.13. The summed E-state index contributed by atoms with van der Waals surface area (Å²) in [6.07, 6.45) is 1.78. The van der Waals surface area contributed by atoms with Crippen molar-refractivity contribution in [1.82, 2.24) is 0 Å². The fourth-order valence-corrected chi connectivity index (χ4v) is 0.912. The number of nitrogens with zero attached hydrogens (tertiary/aromatic N) is 1. The van der Waals surface area contributed by atoms with Gasteiger partial charge in [0, 0.05) is 36.2 Å². The molecule has 0 N–H and O–H groups in total. The van der Waals surface area contributed by atoms with Crippen molar-refractivity contribution < 1.29 is 36.1 Å². The fraction of sp³-hybridized carbons (Fsp3) is 0.167. The topological polar surface area (TPSA) is 81.3 Å². The predicted molar refractivity (Wildman–Crippen MR) is 58.3 cm³/mol. The Balaban J connectivity index is -0.000000123. The van der Waals surface area contributed by atoms with Gasteiger partial charge in [-0.05, 0) is 12.1 Å². The second kappa shape index (κ2) is 24.6. The third-order valence-corrected chi connectivity index (χ3v) is 1.41. The molecule has 0 aromatic heterocycles. The molecule has 0 heterocycles. The van der Waals surface area contributed by atoms with Crippen molar-refractivity contribution in [3.05, 3.63) is 49.8 Å². The fourth-order valence-electron chi connectivity index (χ4n) is 0.912. The SMILES string of the molecule is CN=Cc1ccccc1OC.[C-]#[O+].[C-]#[O+].[C-]#[O+].[Cr]. The van der Waals surface area contributed by atoms with Crippen LogP contribution in [0.5, 0.6) is 5.75 Å². The number of aliphatic imine (C=N–C) groups is 1. The third kappa shape index (κ3) is 12.5. The Hall–Kier alpha value is -1.56. The molecule has 1 rings (SSSR count). The van der Waals surface area contributed by atoms with E-state index in [1.807, 2.05) is 24.3 Å². The van der Waals surface area contributed by atoms with E-state index in [1.54, 1.807) is 20.4 Å². The first-order chi connectivity index (χ1) is 8.38. The summed E-state index contributed by atoms with van der Waals surface area (Å²) in [6.45, 7) is 13.5. The molecule has 0 fully saturated rings. The zero-order valence-corrected chi connectivity index (χ0v) is 11.2. The number of rotatable bonds is 2. The Kier molecular flexibility index (Phi) is 34.6. The van der Waals surface area contributed by atoms with E-state index in [1.165, 1.54) is 0 Å². The molecular formula is C12H11CrNO4. The maximum atomic E-state index is 7.50. The van der Waals surface area contributed by atoms with E-state index in [9.17, 15) is 0 Å². The van der Waals surface area contributed by atoms with E-state index in [0.29, 0.717) is 0 Å². The van der Waals surface area contributed by atoms with Gasteiger partial charge in [-0.2, -0.15) is 0 Å².